The van der Waals surface area contributed by atoms with Gasteiger partial charge in [0.2, 0.25) is 10.9 Å². The van der Waals surface area contributed by atoms with Gasteiger partial charge in [0, 0.05) is 0 Å². The summed E-state index contributed by atoms with van der Waals surface area (Å²) in [7, 11) is 0. The van der Waals surface area contributed by atoms with Crippen LogP contribution < -0.4 is 10.9 Å². The first-order valence-corrected chi connectivity index (χ1v) is 24.5. The molecule has 2 aromatic heterocycles. The molecule has 0 N–H and O–H groups in total. The van der Waals surface area contributed by atoms with Gasteiger partial charge in [-0.2, -0.15) is 0 Å². The SMILES string of the molecule is CC(C)(C)c1ccc(-c2ccc(C(C)(C)C)cc2-c2ccc3oc4ccc(-c5ccc6oc7ccc(-c8cc(C(C)(C)C)ccc8-c8ccc(C(C)(C)C)cc8)cc7c(=O)c6c5)cc4c(=O)c3c2)cc1. The van der Waals surface area contributed by atoms with Gasteiger partial charge in [-0.15, -0.1) is 0 Å². The van der Waals surface area contributed by atoms with Gasteiger partial charge in [-0.1, -0.05) is 192 Å². The van der Waals surface area contributed by atoms with Crippen molar-refractivity contribution in [1.29, 1.82) is 0 Å². The maximum absolute atomic E-state index is 14.6. The summed E-state index contributed by atoms with van der Waals surface area (Å²) >= 11 is 0. The van der Waals surface area contributed by atoms with E-state index in [-0.39, 0.29) is 32.5 Å². The van der Waals surface area contributed by atoms with Crippen LogP contribution in [0.5, 0.6) is 0 Å². The zero-order chi connectivity index (χ0) is 49.7. The van der Waals surface area contributed by atoms with Gasteiger partial charge < -0.3 is 8.83 Å². The van der Waals surface area contributed by atoms with Gasteiger partial charge in [-0.25, -0.2) is 0 Å². The molecule has 4 heteroatoms. The second-order valence-electron chi connectivity index (χ2n) is 23.4. The Morgan fingerprint density at radius 2 is 0.514 bits per heavy atom. The largest absolute Gasteiger partial charge is 0.456 e. The molecule has 0 fully saturated rings. The summed E-state index contributed by atoms with van der Waals surface area (Å²) < 4.78 is 12.9. The monoisotopic (exact) mass is 918 g/mol. The fourth-order valence-corrected chi connectivity index (χ4v) is 9.71. The van der Waals surface area contributed by atoms with Crippen LogP contribution in [0.25, 0.3) is 99.5 Å². The smallest absolute Gasteiger partial charge is 0.200 e. The number of rotatable bonds is 5. The van der Waals surface area contributed by atoms with Crippen molar-refractivity contribution in [1.82, 2.24) is 0 Å². The lowest BCUT2D eigenvalue weighted by molar-refractivity contribution is 0.590. The summed E-state index contributed by atoms with van der Waals surface area (Å²) in [6, 6.07) is 54.3. The molecule has 4 nitrogen and oxygen atoms in total. The fraction of sp³-hybridized carbons (Fsp3) is 0.242. The molecule has 0 atom stereocenters. The number of fused-ring (bicyclic) bond motifs is 4. The van der Waals surface area contributed by atoms with Crippen molar-refractivity contribution in [3.05, 3.63) is 200 Å². The Morgan fingerprint density at radius 1 is 0.257 bits per heavy atom. The van der Waals surface area contributed by atoms with Gasteiger partial charge in [0.05, 0.1) is 21.5 Å². The summed E-state index contributed by atoms with van der Waals surface area (Å²) in [6.45, 7) is 26.7. The molecule has 0 unspecified atom stereocenters. The van der Waals surface area contributed by atoms with Gasteiger partial charge in [-0.3, -0.25) is 9.59 Å². The van der Waals surface area contributed by atoms with Crippen LogP contribution in [0.3, 0.4) is 0 Å². The fourth-order valence-electron chi connectivity index (χ4n) is 9.71. The molecule has 0 aliphatic heterocycles. The van der Waals surface area contributed by atoms with Crippen molar-refractivity contribution in [3.63, 3.8) is 0 Å². The molecule has 350 valence electrons. The minimum absolute atomic E-state index is 0.0425. The highest BCUT2D eigenvalue weighted by molar-refractivity contribution is 5.98. The summed E-state index contributed by atoms with van der Waals surface area (Å²) in [5.41, 5.74) is 16.8. The third-order valence-corrected chi connectivity index (χ3v) is 14.2. The topological polar surface area (TPSA) is 60.4 Å². The lowest BCUT2D eigenvalue weighted by Gasteiger charge is -2.23. The van der Waals surface area contributed by atoms with E-state index in [4.69, 9.17) is 8.83 Å². The summed E-state index contributed by atoms with van der Waals surface area (Å²) in [4.78, 5) is 29.3. The Hall–Kier alpha value is -7.30. The van der Waals surface area contributed by atoms with E-state index >= 15 is 0 Å². The molecule has 0 amide bonds. The third kappa shape index (κ3) is 8.59. The van der Waals surface area contributed by atoms with Crippen LogP contribution in [0, 0.1) is 0 Å². The van der Waals surface area contributed by atoms with E-state index in [9.17, 15) is 9.59 Å². The second-order valence-corrected chi connectivity index (χ2v) is 23.4. The number of hydrogen-bond donors (Lipinski definition) is 0. The molecule has 0 aliphatic carbocycles. The highest BCUT2D eigenvalue weighted by Crippen LogP contribution is 2.41. The van der Waals surface area contributed by atoms with Gasteiger partial charge in [0.15, 0.2) is 0 Å². The summed E-state index contributed by atoms with van der Waals surface area (Å²) in [5.74, 6) is 0. The molecule has 0 saturated carbocycles. The van der Waals surface area contributed by atoms with E-state index in [0.717, 1.165) is 55.6 Å². The lowest BCUT2D eigenvalue weighted by atomic mass is 9.82. The lowest BCUT2D eigenvalue weighted by Crippen LogP contribution is -2.11. The second kappa shape index (κ2) is 16.7. The molecule has 0 bridgehead atoms. The first-order chi connectivity index (χ1) is 33.0. The Kier molecular flexibility index (Phi) is 11.1. The molecule has 2 heterocycles. The summed E-state index contributed by atoms with van der Waals surface area (Å²) in [5, 5.41) is 1.97. The van der Waals surface area contributed by atoms with Gasteiger partial charge >= 0.3 is 0 Å². The van der Waals surface area contributed by atoms with Crippen molar-refractivity contribution in [2.24, 2.45) is 0 Å². The van der Waals surface area contributed by atoms with Crippen LogP contribution in [0.15, 0.2) is 176 Å². The molecule has 70 heavy (non-hydrogen) atoms. The van der Waals surface area contributed by atoms with E-state index in [2.05, 4.69) is 180 Å². The molecule has 8 aromatic carbocycles. The summed E-state index contributed by atoms with van der Waals surface area (Å²) in [6.07, 6.45) is 0. The number of hydrogen-bond acceptors (Lipinski definition) is 4. The Balaban J connectivity index is 1.06. The maximum Gasteiger partial charge on any atom is 0.200 e. The van der Waals surface area contributed by atoms with Gasteiger partial charge in [0.1, 0.15) is 22.3 Å². The molecular formula is C66H62O4. The predicted octanol–water partition coefficient (Wildman–Crippen LogP) is 17.7. The first kappa shape index (κ1) is 46.4. The highest BCUT2D eigenvalue weighted by atomic mass is 16.3. The molecular weight excluding hydrogens is 857 g/mol. The first-order valence-electron chi connectivity index (χ1n) is 24.5. The van der Waals surface area contributed by atoms with Crippen molar-refractivity contribution in [2.75, 3.05) is 0 Å². The van der Waals surface area contributed by atoms with Crippen molar-refractivity contribution < 1.29 is 8.83 Å². The maximum atomic E-state index is 14.6. The van der Waals surface area contributed by atoms with Crippen LogP contribution in [-0.4, -0.2) is 0 Å². The van der Waals surface area contributed by atoms with Crippen LogP contribution in [0.2, 0.25) is 0 Å². The average Bonchev–Trinajstić information content (AvgIpc) is 3.32. The van der Waals surface area contributed by atoms with E-state index in [0.29, 0.717) is 43.9 Å². The standard InChI is InChI=1S/C66H62O4/c1-63(2,3)45-21-13-39(14-22-45)49-27-25-47(65(7,8)9)37-51(49)43-19-31-59-55(35-43)61(67)53-33-41(17-29-57(53)69-59)42-18-30-58-54(34-42)62(68)56-36-44(20-32-60(56)70-58)52-38-48(66(10,11)12)26-28-50(52)40-15-23-46(24-16-40)64(4,5)6/h13-38H,1-12H3. The molecule has 0 aliphatic rings. The Labute approximate surface area is 411 Å². The zero-order valence-electron chi connectivity index (χ0n) is 42.6. The minimum atomic E-state index is -0.109. The van der Waals surface area contributed by atoms with Crippen molar-refractivity contribution in [2.45, 2.75) is 105 Å². The van der Waals surface area contributed by atoms with Crippen molar-refractivity contribution in [3.8, 4) is 55.6 Å². The van der Waals surface area contributed by atoms with E-state index in [1.54, 1.807) is 0 Å². The molecule has 0 spiro atoms. The zero-order valence-corrected chi connectivity index (χ0v) is 42.6. The molecule has 0 saturated heterocycles. The van der Waals surface area contributed by atoms with Gasteiger partial charge in [0.25, 0.3) is 0 Å². The normalized spacial score (nSPS) is 12.7. The molecule has 10 aromatic rings. The van der Waals surface area contributed by atoms with Gasteiger partial charge in [-0.05, 0) is 148 Å². The Morgan fingerprint density at radius 3 is 0.814 bits per heavy atom. The van der Waals surface area contributed by atoms with Crippen LogP contribution in [0.4, 0.5) is 0 Å². The molecule has 0 radical (unpaired) electrons. The third-order valence-electron chi connectivity index (χ3n) is 14.2. The minimum Gasteiger partial charge on any atom is -0.456 e. The molecule has 10 rings (SSSR count). The van der Waals surface area contributed by atoms with Crippen LogP contribution in [0.1, 0.15) is 105 Å². The van der Waals surface area contributed by atoms with E-state index < -0.39 is 0 Å². The van der Waals surface area contributed by atoms with Crippen LogP contribution in [-0.2, 0) is 21.7 Å². The van der Waals surface area contributed by atoms with E-state index in [1.165, 1.54) is 22.3 Å². The predicted molar refractivity (Wildman–Crippen MR) is 296 cm³/mol. The van der Waals surface area contributed by atoms with E-state index in [1.807, 2.05) is 60.7 Å². The Bertz CT molecular complexity index is 3560. The number of benzene rings is 8. The highest BCUT2D eigenvalue weighted by Gasteiger charge is 2.22. The van der Waals surface area contributed by atoms with Crippen molar-refractivity contribution >= 4 is 43.9 Å². The quantitative estimate of drug-likeness (QED) is 0.161. The average molecular weight is 919 g/mol. The van der Waals surface area contributed by atoms with Crippen LogP contribution >= 0.6 is 0 Å².